The zero-order valence-electron chi connectivity index (χ0n) is 14.5. The van der Waals surface area contributed by atoms with E-state index < -0.39 is 0 Å². The Kier molecular flexibility index (Phi) is 5.14. The number of hydrogen-bond acceptors (Lipinski definition) is 3. The van der Waals surface area contributed by atoms with Crippen LogP contribution in [0.5, 0.6) is 0 Å². The summed E-state index contributed by atoms with van der Waals surface area (Å²) >= 11 is 0. The van der Waals surface area contributed by atoms with Crippen molar-refractivity contribution >= 4 is 11.6 Å². The Morgan fingerprint density at radius 2 is 1.72 bits per heavy atom. The number of nitrogens with zero attached hydrogens (tertiary/aromatic N) is 3. The van der Waals surface area contributed by atoms with Gasteiger partial charge in [0, 0.05) is 50.8 Å². The molecule has 5 heteroatoms. The normalized spacial score (nSPS) is 10.5. The molecule has 25 heavy (non-hydrogen) atoms. The van der Waals surface area contributed by atoms with Crippen LogP contribution in [0.25, 0.3) is 0 Å². The molecule has 0 unspecified atom stereocenters. The van der Waals surface area contributed by atoms with Gasteiger partial charge in [-0.3, -0.25) is 4.79 Å². The van der Waals surface area contributed by atoms with Crippen LogP contribution in [0.1, 0.15) is 21.5 Å². The van der Waals surface area contributed by atoms with Crippen LogP contribution in [-0.4, -0.2) is 29.6 Å². The smallest absolute Gasteiger partial charge is 0.251 e. The van der Waals surface area contributed by atoms with Gasteiger partial charge in [0.2, 0.25) is 0 Å². The van der Waals surface area contributed by atoms with Crippen LogP contribution >= 0.6 is 0 Å². The molecule has 1 heterocycles. The van der Waals surface area contributed by atoms with Gasteiger partial charge in [0.15, 0.2) is 0 Å². The van der Waals surface area contributed by atoms with Gasteiger partial charge in [-0.15, -0.1) is 0 Å². The van der Waals surface area contributed by atoms with Gasteiger partial charge in [-0.2, -0.15) is 0 Å². The van der Waals surface area contributed by atoms with Gasteiger partial charge in [-0.05, 0) is 35.4 Å². The lowest BCUT2D eigenvalue weighted by Gasteiger charge is -2.12. The SMILES string of the molecule is CN(C)c1ccc(C(=O)NCc2ccc(Cn3ccnc3)cc2)cc1. The highest BCUT2D eigenvalue weighted by Crippen LogP contribution is 2.12. The molecule has 5 nitrogen and oxygen atoms in total. The Morgan fingerprint density at radius 3 is 2.32 bits per heavy atom. The molecule has 0 spiro atoms. The monoisotopic (exact) mass is 334 g/mol. The maximum absolute atomic E-state index is 12.2. The van der Waals surface area contributed by atoms with E-state index in [-0.39, 0.29) is 5.91 Å². The largest absolute Gasteiger partial charge is 0.378 e. The van der Waals surface area contributed by atoms with Crippen molar-refractivity contribution in [2.24, 2.45) is 0 Å². The van der Waals surface area contributed by atoms with Crippen molar-refractivity contribution in [2.45, 2.75) is 13.1 Å². The first-order chi connectivity index (χ1) is 12.1. The van der Waals surface area contributed by atoms with Crippen molar-refractivity contribution in [1.82, 2.24) is 14.9 Å². The Bertz CT molecular complexity index is 806. The summed E-state index contributed by atoms with van der Waals surface area (Å²) in [4.78, 5) is 18.3. The van der Waals surface area contributed by atoms with E-state index in [1.807, 2.05) is 66.2 Å². The molecule has 0 aliphatic heterocycles. The second-order valence-electron chi connectivity index (χ2n) is 6.18. The number of carbonyl (C=O) groups excluding carboxylic acids is 1. The molecule has 0 atom stereocenters. The summed E-state index contributed by atoms with van der Waals surface area (Å²) in [5.41, 5.74) is 4.02. The first-order valence-corrected chi connectivity index (χ1v) is 8.21. The van der Waals surface area contributed by atoms with Crippen LogP contribution in [0.3, 0.4) is 0 Å². The summed E-state index contributed by atoms with van der Waals surface area (Å²) in [7, 11) is 3.96. The van der Waals surface area contributed by atoms with Crippen LogP contribution in [0.4, 0.5) is 5.69 Å². The highest BCUT2D eigenvalue weighted by molar-refractivity contribution is 5.94. The maximum Gasteiger partial charge on any atom is 0.251 e. The van der Waals surface area contributed by atoms with Gasteiger partial charge in [-0.1, -0.05) is 24.3 Å². The van der Waals surface area contributed by atoms with E-state index in [0.29, 0.717) is 12.1 Å². The van der Waals surface area contributed by atoms with Gasteiger partial charge in [0.1, 0.15) is 0 Å². The predicted octanol–water partition coefficient (Wildman–Crippen LogP) is 2.93. The van der Waals surface area contributed by atoms with Crippen LogP contribution in [-0.2, 0) is 13.1 Å². The minimum Gasteiger partial charge on any atom is -0.378 e. The van der Waals surface area contributed by atoms with E-state index in [1.54, 1.807) is 12.5 Å². The minimum absolute atomic E-state index is 0.0622. The fourth-order valence-electron chi connectivity index (χ4n) is 2.55. The standard InChI is InChI=1S/C20H22N4O/c1-23(2)19-9-7-18(8-10-19)20(25)22-13-16-3-5-17(6-4-16)14-24-12-11-21-15-24/h3-12,15H,13-14H2,1-2H3,(H,22,25). The first kappa shape index (κ1) is 16.8. The predicted molar refractivity (Wildman–Crippen MR) is 99.7 cm³/mol. The van der Waals surface area contributed by atoms with E-state index in [2.05, 4.69) is 22.4 Å². The summed E-state index contributed by atoms with van der Waals surface area (Å²) in [6.07, 6.45) is 5.51. The Balaban J connectivity index is 1.54. The molecule has 3 aromatic rings. The molecule has 0 aliphatic carbocycles. The molecular weight excluding hydrogens is 312 g/mol. The third-order valence-electron chi connectivity index (χ3n) is 4.05. The molecular formula is C20H22N4O. The van der Waals surface area contributed by atoms with Crippen molar-refractivity contribution in [2.75, 3.05) is 19.0 Å². The third-order valence-corrected chi connectivity index (χ3v) is 4.05. The summed E-state index contributed by atoms with van der Waals surface area (Å²) in [5, 5.41) is 2.96. The van der Waals surface area contributed by atoms with E-state index in [4.69, 9.17) is 0 Å². The van der Waals surface area contributed by atoms with Gasteiger partial charge >= 0.3 is 0 Å². The number of anilines is 1. The van der Waals surface area contributed by atoms with Crippen LogP contribution in [0, 0.1) is 0 Å². The highest BCUT2D eigenvalue weighted by atomic mass is 16.1. The number of amides is 1. The summed E-state index contributed by atoms with van der Waals surface area (Å²) in [6.45, 7) is 1.31. The van der Waals surface area contributed by atoms with Crippen molar-refractivity contribution in [3.63, 3.8) is 0 Å². The van der Waals surface area contributed by atoms with Crippen LogP contribution in [0.15, 0.2) is 67.3 Å². The molecule has 3 rings (SSSR count). The van der Waals surface area contributed by atoms with E-state index in [9.17, 15) is 4.79 Å². The number of benzene rings is 2. The summed E-state index contributed by atoms with van der Waals surface area (Å²) in [6, 6.07) is 15.8. The number of nitrogens with one attached hydrogen (secondary N) is 1. The molecule has 1 aromatic heterocycles. The zero-order valence-corrected chi connectivity index (χ0v) is 14.5. The van der Waals surface area contributed by atoms with Crippen LogP contribution in [0.2, 0.25) is 0 Å². The van der Waals surface area contributed by atoms with E-state index in [1.165, 1.54) is 5.56 Å². The number of rotatable bonds is 6. The Morgan fingerprint density at radius 1 is 1.04 bits per heavy atom. The Labute approximate surface area is 147 Å². The molecule has 0 fully saturated rings. The fourth-order valence-corrected chi connectivity index (χ4v) is 2.55. The number of imidazole rings is 1. The van der Waals surface area contributed by atoms with Gasteiger partial charge in [-0.25, -0.2) is 4.98 Å². The zero-order chi connectivity index (χ0) is 17.6. The average Bonchev–Trinajstić information content (AvgIpc) is 3.14. The molecule has 0 saturated carbocycles. The molecule has 0 saturated heterocycles. The van der Waals surface area contributed by atoms with E-state index in [0.717, 1.165) is 17.8 Å². The van der Waals surface area contributed by atoms with Crippen molar-refractivity contribution in [3.8, 4) is 0 Å². The quantitative estimate of drug-likeness (QED) is 0.754. The molecule has 1 N–H and O–H groups in total. The third kappa shape index (κ3) is 4.47. The number of aromatic nitrogens is 2. The highest BCUT2D eigenvalue weighted by Gasteiger charge is 2.06. The van der Waals surface area contributed by atoms with Gasteiger partial charge < -0.3 is 14.8 Å². The van der Waals surface area contributed by atoms with Gasteiger partial charge in [0.05, 0.1) is 6.33 Å². The first-order valence-electron chi connectivity index (χ1n) is 8.21. The fraction of sp³-hybridized carbons (Fsp3) is 0.200. The van der Waals surface area contributed by atoms with Crippen molar-refractivity contribution in [3.05, 3.63) is 83.9 Å². The molecule has 0 radical (unpaired) electrons. The molecule has 0 bridgehead atoms. The Hall–Kier alpha value is -3.08. The molecule has 0 aliphatic rings. The van der Waals surface area contributed by atoms with Crippen LogP contribution < -0.4 is 10.2 Å². The minimum atomic E-state index is -0.0622. The topological polar surface area (TPSA) is 50.2 Å². The second kappa shape index (κ2) is 7.66. The van der Waals surface area contributed by atoms with Gasteiger partial charge in [0.25, 0.3) is 5.91 Å². The summed E-state index contributed by atoms with van der Waals surface area (Å²) < 4.78 is 2.02. The maximum atomic E-state index is 12.2. The summed E-state index contributed by atoms with van der Waals surface area (Å²) in [5.74, 6) is -0.0622. The molecule has 1 amide bonds. The van der Waals surface area contributed by atoms with Crippen molar-refractivity contribution < 1.29 is 4.79 Å². The molecule has 2 aromatic carbocycles. The number of hydrogen-bond donors (Lipinski definition) is 1. The second-order valence-corrected chi connectivity index (χ2v) is 6.18. The lowest BCUT2D eigenvalue weighted by molar-refractivity contribution is 0.0951. The number of carbonyl (C=O) groups is 1. The lowest BCUT2D eigenvalue weighted by atomic mass is 10.1. The lowest BCUT2D eigenvalue weighted by Crippen LogP contribution is -2.22. The average molecular weight is 334 g/mol. The molecule has 128 valence electrons. The van der Waals surface area contributed by atoms with Crippen molar-refractivity contribution in [1.29, 1.82) is 0 Å². The van der Waals surface area contributed by atoms with E-state index >= 15 is 0 Å².